The third-order valence-electron chi connectivity index (χ3n) is 1.76. The minimum atomic E-state index is -1.30. The van der Waals surface area contributed by atoms with Crippen LogP contribution >= 0.6 is 0 Å². The van der Waals surface area contributed by atoms with E-state index in [1.165, 1.54) is 6.33 Å². The molecule has 0 aliphatic rings. The molecule has 1 heterocycles. The fourth-order valence-electron chi connectivity index (χ4n) is 1.07. The minimum absolute atomic E-state index is 0.313. The number of rotatable bonds is 6. The number of imidazole rings is 1. The van der Waals surface area contributed by atoms with E-state index >= 15 is 0 Å². The molecule has 0 aromatic carbocycles. The molecule has 0 unspecified atom stereocenters. The zero-order valence-corrected chi connectivity index (χ0v) is 8.30. The van der Waals surface area contributed by atoms with Crippen LogP contribution in [-0.4, -0.2) is 38.7 Å². The van der Waals surface area contributed by atoms with Crippen LogP contribution in [0.25, 0.3) is 0 Å². The first kappa shape index (κ1) is 11.8. The Morgan fingerprint density at radius 1 is 1.50 bits per heavy atom. The minimum Gasteiger partial charge on any atom is -0.478 e. The van der Waals surface area contributed by atoms with Crippen LogP contribution in [0.15, 0.2) is 24.3 Å². The predicted octanol–water partition coefficient (Wildman–Crippen LogP) is -0.405. The van der Waals surface area contributed by atoms with E-state index in [1.807, 2.05) is 0 Å². The van der Waals surface area contributed by atoms with Crippen LogP contribution in [0.1, 0.15) is 5.69 Å². The standard InChI is InChI=1S/C9H11N3O4/c13-8(14)3-7(9(15)16)11-2-1-6-4-10-5-12-6/h3-5,11H,1-2H2,(H,10,12)(H,13,14)(H,15,16)/b7-3+. The normalized spacial score (nSPS) is 11.1. The number of hydrogen-bond donors (Lipinski definition) is 4. The van der Waals surface area contributed by atoms with Crippen molar-refractivity contribution < 1.29 is 19.8 Å². The largest absolute Gasteiger partial charge is 0.478 e. The number of aromatic amines is 1. The van der Waals surface area contributed by atoms with Crippen molar-refractivity contribution in [1.29, 1.82) is 0 Å². The molecule has 0 bridgehead atoms. The van der Waals surface area contributed by atoms with Gasteiger partial charge in [-0.25, -0.2) is 14.6 Å². The molecule has 1 rings (SSSR count). The second-order valence-corrected chi connectivity index (χ2v) is 2.96. The summed E-state index contributed by atoms with van der Waals surface area (Å²) in [5.74, 6) is -2.60. The average Bonchev–Trinajstić information content (AvgIpc) is 2.68. The summed E-state index contributed by atoms with van der Waals surface area (Å²) in [6.45, 7) is 0.313. The van der Waals surface area contributed by atoms with Crippen LogP contribution in [0, 0.1) is 0 Å². The second-order valence-electron chi connectivity index (χ2n) is 2.96. The summed E-state index contributed by atoms with van der Waals surface area (Å²) < 4.78 is 0. The molecule has 0 saturated carbocycles. The molecular weight excluding hydrogens is 214 g/mol. The molecule has 0 atom stereocenters. The smallest absolute Gasteiger partial charge is 0.352 e. The SMILES string of the molecule is O=C(O)/C=C(/NCCc1cnc[nH]1)C(=O)O. The number of nitrogens with one attached hydrogen (secondary N) is 2. The Balaban J connectivity index is 2.45. The number of aromatic nitrogens is 2. The van der Waals surface area contributed by atoms with E-state index in [2.05, 4.69) is 15.3 Å². The summed E-state index contributed by atoms with van der Waals surface area (Å²) in [6.07, 6.45) is 4.28. The molecule has 7 heteroatoms. The van der Waals surface area contributed by atoms with Gasteiger partial charge < -0.3 is 20.5 Å². The first-order valence-corrected chi connectivity index (χ1v) is 4.48. The third-order valence-corrected chi connectivity index (χ3v) is 1.76. The predicted molar refractivity (Wildman–Crippen MR) is 53.6 cm³/mol. The molecule has 0 aliphatic carbocycles. The fraction of sp³-hybridized carbons (Fsp3) is 0.222. The first-order chi connectivity index (χ1) is 7.59. The van der Waals surface area contributed by atoms with Gasteiger partial charge in [-0.1, -0.05) is 0 Å². The lowest BCUT2D eigenvalue weighted by Gasteiger charge is -2.04. The number of carbonyl (C=O) groups is 2. The Bertz CT molecular complexity index is 397. The van der Waals surface area contributed by atoms with E-state index in [-0.39, 0.29) is 5.70 Å². The molecule has 1 aromatic heterocycles. The number of hydrogen-bond acceptors (Lipinski definition) is 4. The summed E-state index contributed by atoms with van der Waals surface area (Å²) in [6, 6.07) is 0. The monoisotopic (exact) mass is 225 g/mol. The molecular formula is C9H11N3O4. The van der Waals surface area contributed by atoms with Crippen LogP contribution in [0.2, 0.25) is 0 Å². The highest BCUT2D eigenvalue weighted by atomic mass is 16.4. The molecule has 4 N–H and O–H groups in total. The van der Waals surface area contributed by atoms with E-state index < -0.39 is 11.9 Å². The summed E-state index contributed by atoms with van der Waals surface area (Å²) >= 11 is 0. The molecule has 0 spiro atoms. The quantitative estimate of drug-likeness (QED) is 0.489. The maximum atomic E-state index is 10.6. The highest BCUT2D eigenvalue weighted by molar-refractivity contribution is 5.94. The van der Waals surface area contributed by atoms with Crippen molar-refractivity contribution in [3.05, 3.63) is 30.0 Å². The molecule has 0 amide bonds. The van der Waals surface area contributed by atoms with Gasteiger partial charge in [-0.15, -0.1) is 0 Å². The third kappa shape index (κ3) is 3.82. The first-order valence-electron chi connectivity index (χ1n) is 4.48. The lowest BCUT2D eigenvalue weighted by atomic mass is 10.3. The van der Waals surface area contributed by atoms with Gasteiger partial charge >= 0.3 is 11.9 Å². The summed E-state index contributed by atoms with van der Waals surface area (Å²) in [5.41, 5.74) is 0.500. The van der Waals surface area contributed by atoms with Crippen molar-refractivity contribution in [2.75, 3.05) is 6.54 Å². The van der Waals surface area contributed by atoms with Gasteiger partial charge in [0.1, 0.15) is 5.70 Å². The Morgan fingerprint density at radius 3 is 2.75 bits per heavy atom. The van der Waals surface area contributed by atoms with Gasteiger partial charge in [0.25, 0.3) is 0 Å². The van der Waals surface area contributed by atoms with Gasteiger partial charge in [0.15, 0.2) is 0 Å². The van der Waals surface area contributed by atoms with Crippen LogP contribution < -0.4 is 5.32 Å². The highest BCUT2D eigenvalue weighted by Crippen LogP contribution is 1.94. The Labute approximate surface area is 90.8 Å². The topological polar surface area (TPSA) is 115 Å². The molecule has 86 valence electrons. The van der Waals surface area contributed by atoms with Gasteiger partial charge in [-0.2, -0.15) is 0 Å². The maximum absolute atomic E-state index is 10.6. The molecule has 1 aromatic rings. The average molecular weight is 225 g/mol. The molecule has 0 aliphatic heterocycles. The maximum Gasteiger partial charge on any atom is 0.352 e. The summed E-state index contributed by atoms with van der Waals surface area (Å²) in [7, 11) is 0. The summed E-state index contributed by atoms with van der Waals surface area (Å²) in [5, 5.41) is 19.6. The van der Waals surface area contributed by atoms with Crippen molar-refractivity contribution in [2.45, 2.75) is 6.42 Å². The Morgan fingerprint density at radius 2 is 2.25 bits per heavy atom. The van der Waals surface area contributed by atoms with E-state index in [9.17, 15) is 9.59 Å². The highest BCUT2D eigenvalue weighted by Gasteiger charge is 2.08. The number of carboxylic acids is 2. The summed E-state index contributed by atoms with van der Waals surface area (Å²) in [4.78, 5) is 27.6. The molecule has 7 nitrogen and oxygen atoms in total. The van der Waals surface area contributed by atoms with Gasteiger partial charge in [0, 0.05) is 24.9 Å². The fourth-order valence-corrected chi connectivity index (χ4v) is 1.07. The van der Waals surface area contributed by atoms with E-state index in [4.69, 9.17) is 10.2 Å². The number of aliphatic carboxylic acids is 2. The van der Waals surface area contributed by atoms with E-state index in [0.29, 0.717) is 19.0 Å². The van der Waals surface area contributed by atoms with Gasteiger partial charge in [0.05, 0.1) is 12.4 Å². The van der Waals surface area contributed by atoms with Gasteiger partial charge in [0.2, 0.25) is 0 Å². The Kier molecular flexibility index (Phi) is 4.07. The number of nitrogens with zero attached hydrogens (tertiary/aromatic N) is 1. The van der Waals surface area contributed by atoms with Crippen LogP contribution in [-0.2, 0) is 16.0 Å². The molecule has 0 fully saturated rings. The van der Waals surface area contributed by atoms with Gasteiger partial charge in [-0.05, 0) is 0 Å². The van der Waals surface area contributed by atoms with Crippen LogP contribution in [0.3, 0.4) is 0 Å². The Hall–Kier alpha value is -2.31. The zero-order chi connectivity index (χ0) is 12.0. The van der Waals surface area contributed by atoms with E-state index in [1.54, 1.807) is 6.20 Å². The van der Waals surface area contributed by atoms with Crippen LogP contribution in [0.4, 0.5) is 0 Å². The lowest BCUT2D eigenvalue weighted by molar-refractivity contribution is -0.135. The molecule has 0 radical (unpaired) electrons. The van der Waals surface area contributed by atoms with Gasteiger partial charge in [-0.3, -0.25) is 0 Å². The van der Waals surface area contributed by atoms with E-state index in [0.717, 1.165) is 5.69 Å². The van der Waals surface area contributed by atoms with Crippen molar-refractivity contribution in [3.63, 3.8) is 0 Å². The van der Waals surface area contributed by atoms with Crippen LogP contribution in [0.5, 0.6) is 0 Å². The molecule has 16 heavy (non-hydrogen) atoms. The van der Waals surface area contributed by atoms with Crippen molar-refractivity contribution in [2.24, 2.45) is 0 Å². The van der Waals surface area contributed by atoms with Crippen molar-refractivity contribution in [1.82, 2.24) is 15.3 Å². The number of H-pyrrole nitrogens is 1. The zero-order valence-electron chi connectivity index (χ0n) is 8.30. The number of carboxylic acid groups (broad SMARTS) is 2. The van der Waals surface area contributed by atoms with Crippen molar-refractivity contribution in [3.8, 4) is 0 Å². The second kappa shape index (κ2) is 5.54. The lowest BCUT2D eigenvalue weighted by Crippen LogP contribution is -2.23. The van der Waals surface area contributed by atoms with Crippen molar-refractivity contribution >= 4 is 11.9 Å². The molecule has 0 saturated heterocycles.